The summed E-state index contributed by atoms with van der Waals surface area (Å²) in [6.07, 6.45) is 2.22. The van der Waals surface area contributed by atoms with Gasteiger partial charge in [0.2, 0.25) is 5.91 Å². The highest BCUT2D eigenvalue weighted by Crippen LogP contribution is 2.27. The van der Waals surface area contributed by atoms with E-state index in [9.17, 15) is 4.79 Å². The third kappa shape index (κ3) is 4.25. The maximum Gasteiger partial charge on any atom is 0.242 e. The van der Waals surface area contributed by atoms with Crippen molar-refractivity contribution in [2.75, 3.05) is 38.2 Å². The number of methoxy groups -OCH3 is 1. The summed E-state index contributed by atoms with van der Waals surface area (Å²) in [5.74, 6) is 1.01. The summed E-state index contributed by atoms with van der Waals surface area (Å²) in [5.41, 5.74) is 2.28. The van der Waals surface area contributed by atoms with Crippen LogP contribution in [0, 0.1) is 0 Å². The molecule has 2 aromatic rings. The molecule has 2 fully saturated rings. The normalized spacial score (nSPS) is 18.8. The average molecular weight is 365 g/mol. The number of rotatable bonds is 6. The van der Waals surface area contributed by atoms with Gasteiger partial charge in [-0.15, -0.1) is 0 Å². The van der Waals surface area contributed by atoms with E-state index in [-0.39, 0.29) is 11.9 Å². The van der Waals surface area contributed by atoms with Crippen LogP contribution in [-0.2, 0) is 4.79 Å². The van der Waals surface area contributed by atoms with Crippen LogP contribution in [-0.4, -0.2) is 50.1 Å². The van der Waals surface area contributed by atoms with E-state index in [0.29, 0.717) is 6.04 Å². The number of ether oxygens (including phenoxy) is 1. The first kappa shape index (κ1) is 17.9. The zero-order chi connectivity index (χ0) is 18.6. The Kier molecular flexibility index (Phi) is 5.30. The maximum atomic E-state index is 12.9. The molecule has 1 amide bonds. The molecule has 1 aliphatic heterocycles. The Morgan fingerprint density at radius 1 is 1.00 bits per heavy atom. The van der Waals surface area contributed by atoms with Gasteiger partial charge in [0.25, 0.3) is 0 Å². The Balaban J connectivity index is 1.45. The molecule has 5 heteroatoms. The van der Waals surface area contributed by atoms with Gasteiger partial charge >= 0.3 is 0 Å². The van der Waals surface area contributed by atoms with Crippen LogP contribution in [0.3, 0.4) is 0 Å². The number of benzene rings is 2. The van der Waals surface area contributed by atoms with Crippen LogP contribution in [0.4, 0.5) is 5.69 Å². The highest BCUT2D eigenvalue weighted by Gasteiger charge is 2.33. The summed E-state index contributed by atoms with van der Waals surface area (Å²) < 4.78 is 5.25. The van der Waals surface area contributed by atoms with Gasteiger partial charge in [-0.25, -0.2) is 0 Å². The van der Waals surface area contributed by atoms with Crippen molar-refractivity contribution in [2.45, 2.75) is 24.9 Å². The Morgan fingerprint density at radius 2 is 1.67 bits per heavy atom. The second kappa shape index (κ2) is 8.01. The summed E-state index contributed by atoms with van der Waals surface area (Å²) in [5, 5.41) is 3.20. The quantitative estimate of drug-likeness (QED) is 0.855. The minimum absolute atomic E-state index is 0.140. The fourth-order valence-corrected chi connectivity index (χ4v) is 3.70. The van der Waals surface area contributed by atoms with Crippen molar-refractivity contribution in [1.82, 2.24) is 10.2 Å². The molecule has 4 rings (SSSR count). The molecule has 1 saturated carbocycles. The van der Waals surface area contributed by atoms with Gasteiger partial charge in [-0.1, -0.05) is 30.3 Å². The first-order chi connectivity index (χ1) is 13.2. The molecule has 142 valence electrons. The lowest BCUT2D eigenvalue weighted by Crippen LogP contribution is -2.51. The van der Waals surface area contributed by atoms with Gasteiger partial charge in [-0.05, 0) is 42.7 Å². The molecule has 0 bridgehead atoms. The first-order valence-corrected chi connectivity index (χ1v) is 9.73. The molecule has 27 heavy (non-hydrogen) atoms. The largest absolute Gasteiger partial charge is 0.497 e. The molecular weight excluding hydrogens is 338 g/mol. The zero-order valence-corrected chi connectivity index (χ0v) is 15.8. The summed E-state index contributed by atoms with van der Waals surface area (Å²) in [6.45, 7) is 3.55. The van der Waals surface area contributed by atoms with E-state index in [0.717, 1.165) is 50.3 Å². The number of hydrogen-bond acceptors (Lipinski definition) is 4. The maximum absolute atomic E-state index is 12.9. The van der Waals surface area contributed by atoms with E-state index in [1.165, 1.54) is 5.69 Å². The van der Waals surface area contributed by atoms with Crippen molar-refractivity contribution in [2.24, 2.45) is 0 Å². The van der Waals surface area contributed by atoms with Gasteiger partial charge in [0.15, 0.2) is 0 Å². The van der Waals surface area contributed by atoms with E-state index in [4.69, 9.17) is 4.74 Å². The Morgan fingerprint density at radius 3 is 2.26 bits per heavy atom. The molecule has 1 unspecified atom stereocenters. The Hall–Kier alpha value is -2.53. The molecule has 2 aromatic carbocycles. The third-order valence-electron chi connectivity index (χ3n) is 5.40. The van der Waals surface area contributed by atoms with Crippen molar-refractivity contribution in [3.63, 3.8) is 0 Å². The van der Waals surface area contributed by atoms with Crippen molar-refractivity contribution in [1.29, 1.82) is 0 Å². The molecule has 0 aromatic heterocycles. The SMILES string of the molecule is COc1ccc(N2CCN(C(C(=O)NC3CC3)c3ccccc3)CC2)cc1. The van der Waals surface area contributed by atoms with Crippen LogP contribution >= 0.6 is 0 Å². The number of anilines is 1. The summed E-state index contributed by atoms with van der Waals surface area (Å²) in [7, 11) is 1.68. The first-order valence-electron chi connectivity index (χ1n) is 9.73. The number of carbonyl (C=O) groups is 1. The molecule has 2 aliphatic rings. The van der Waals surface area contributed by atoms with Crippen molar-refractivity contribution in [3.8, 4) is 5.75 Å². The Labute approximate surface area is 160 Å². The van der Waals surface area contributed by atoms with E-state index in [2.05, 4.69) is 39.4 Å². The average Bonchev–Trinajstić information content (AvgIpc) is 3.54. The van der Waals surface area contributed by atoms with Crippen LogP contribution in [0.1, 0.15) is 24.4 Å². The number of nitrogens with zero attached hydrogens (tertiary/aromatic N) is 2. The van der Waals surface area contributed by atoms with Gasteiger partial charge < -0.3 is 15.0 Å². The molecule has 1 atom stereocenters. The van der Waals surface area contributed by atoms with E-state index in [1.807, 2.05) is 30.3 Å². The summed E-state index contributed by atoms with van der Waals surface area (Å²) >= 11 is 0. The van der Waals surface area contributed by atoms with Gasteiger partial charge in [-0.2, -0.15) is 0 Å². The lowest BCUT2D eigenvalue weighted by molar-refractivity contribution is -0.127. The lowest BCUT2D eigenvalue weighted by Gasteiger charge is -2.39. The number of nitrogens with one attached hydrogen (secondary N) is 1. The van der Waals surface area contributed by atoms with Gasteiger partial charge in [0, 0.05) is 37.9 Å². The second-order valence-corrected chi connectivity index (χ2v) is 7.32. The van der Waals surface area contributed by atoms with Crippen molar-refractivity contribution >= 4 is 11.6 Å². The lowest BCUT2D eigenvalue weighted by atomic mass is 10.0. The van der Waals surface area contributed by atoms with Crippen LogP contribution < -0.4 is 15.0 Å². The van der Waals surface area contributed by atoms with Crippen molar-refractivity contribution < 1.29 is 9.53 Å². The topological polar surface area (TPSA) is 44.8 Å². The molecule has 1 aliphatic carbocycles. The summed E-state index contributed by atoms with van der Waals surface area (Å²) in [6, 6.07) is 18.5. The number of amides is 1. The van der Waals surface area contributed by atoms with Gasteiger partial charge in [0.05, 0.1) is 7.11 Å². The van der Waals surface area contributed by atoms with Gasteiger partial charge in [-0.3, -0.25) is 9.69 Å². The minimum Gasteiger partial charge on any atom is -0.497 e. The number of piperazine rings is 1. The third-order valence-corrected chi connectivity index (χ3v) is 5.40. The molecule has 1 heterocycles. The Bertz CT molecular complexity index is 751. The van der Waals surface area contributed by atoms with E-state index in [1.54, 1.807) is 7.11 Å². The fourth-order valence-electron chi connectivity index (χ4n) is 3.70. The zero-order valence-electron chi connectivity index (χ0n) is 15.8. The smallest absolute Gasteiger partial charge is 0.242 e. The van der Waals surface area contributed by atoms with Gasteiger partial charge in [0.1, 0.15) is 11.8 Å². The predicted molar refractivity (Wildman–Crippen MR) is 107 cm³/mol. The molecule has 0 spiro atoms. The summed E-state index contributed by atoms with van der Waals surface area (Å²) in [4.78, 5) is 17.6. The highest BCUT2D eigenvalue weighted by molar-refractivity contribution is 5.83. The van der Waals surface area contributed by atoms with E-state index < -0.39 is 0 Å². The predicted octanol–water partition coefficient (Wildman–Crippen LogP) is 2.84. The van der Waals surface area contributed by atoms with E-state index >= 15 is 0 Å². The number of carbonyl (C=O) groups excluding carboxylic acids is 1. The number of hydrogen-bond donors (Lipinski definition) is 1. The van der Waals surface area contributed by atoms with Crippen molar-refractivity contribution in [3.05, 3.63) is 60.2 Å². The second-order valence-electron chi connectivity index (χ2n) is 7.32. The van der Waals surface area contributed by atoms with Crippen LogP contribution in [0.2, 0.25) is 0 Å². The standard InChI is InChI=1S/C22H27N3O2/c1-27-20-11-9-19(10-12-20)24-13-15-25(16-14-24)21(17-5-3-2-4-6-17)22(26)23-18-7-8-18/h2-6,9-12,18,21H,7-8,13-16H2,1H3,(H,23,26). The van der Waals surface area contributed by atoms with Crippen LogP contribution in [0.15, 0.2) is 54.6 Å². The van der Waals surface area contributed by atoms with Crippen LogP contribution in [0.5, 0.6) is 5.75 Å². The minimum atomic E-state index is -0.204. The molecule has 1 saturated heterocycles. The highest BCUT2D eigenvalue weighted by atomic mass is 16.5. The molecule has 0 radical (unpaired) electrons. The monoisotopic (exact) mass is 365 g/mol. The molecule has 5 nitrogen and oxygen atoms in total. The molecular formula is C22H27N3O2. The molecule has 1 N–H and O–H groups in total. The fraction of sp³-hybridized carbons (Fsp3) is 0.409. The van der Waals surface area contributed by atoms with Crippen LogP contribution in [0.25, 0.3) is 0 Å².